The summed E-state index contributed by atoms with van der Waals surface area (Å²) in [7, 11) is 0. The molecule has 3 N–H and O–H groups in total. The Hall–Kier alpha value is -3.35. The molecule has 34 heavy (non-hydrogen) atoms. The Labute approximate surface area is 199 Å². The van der Waals surface area contributed by atoms with E-state index in [1.807, 2.05) is 24.3 Å². The van der Waals surface area contributed by atoms with Crippen molar-refractivity contribution in [3.63, 3.8) is 0 Å². The number of nitrogens with one attached hydrogen (secondary N) is 2. The van der Waals surface area contributed by atoms with E-state index in [-0.39, 0.29) is 24.9 Å². The van der Waals surface area contributed by atoms with Crippen LogP contribution in [-0.4, -0.2) is 41.8 Å². The molecule has 1 fully saturated rings. The predicted octanol–water partition coefficient (Wildman–Crippen LogP) is 4.46. The van der Waals surface area contributed by atoms with E-state index in [4.69, 9.17) is 9.84 Å². The van der Waals surface area contributed by atoms with E-state index in [0.717, 1.165) is 30.4 Å². The van der Waals surface area contributed by atoms with E-state index in [2.05, 4.69) is 34.9 Å². The van der Waals surface area contributed by atoms with Gasteiger partial charge in [-0.25, -0.2) is 4.79 Å². The molecule has 0 aromatic heterocycles. The molecule has 0 aliphatic heterocycles. The van der Waals surface area contributed by atoms with Gasteiger partial charge in [-0.3, -0.25) is 9.59 Å². The van der Waals surface area contributed by atoms with Crippen LogP contribution in [0.5, 0.6) is 0 Å². The molecule has 1 saturated carbocycles. The maximum Gasteiger partial charge on any atom is 0.407 e. The summed E-state index contributed by atoms with van der Waals surface area (Å²) >= 11 is 0. The van der Waals surface area contributed by atoms with Gasteiger partial charge in [0.2, 0.25) is 5.91 Å². The molecule has 0 bridgehead atoms. The number of hydrogen-bond acceptors (Lipinski definition) is 4. The molecule has 7 heteroatoms. The third-order valence-electron chi connectivity index (χ3n) is 7.08. The number of rotatable bonds is 10. The molecule has 2 aliphatic rings. The number of benzene rings is 2. The molecule has 1 unspecified atom stereocenters. The first kappa shape index (κ1) is 23.8. The molecule has 2 aromatic carbocycles. The average Bonchev–Trinajstić information content (AvgIpc) is 3.12. The van der Waals surface area contributed by atoms with Gasteiger partial charge in [0.1, 0.15) is 6.61 Å². The van der Waals surface area contributed by atoms with Crippen molar-refractivity contribution >= 4 is 18.0 Å². The molecule has 0 radical (unpaired) electrons. The van der Waals surface area contributed by atoms with Crippen molar-refractivity contribution in [2.75, 3.05) is 13.2 Å². The number of carboxylic acids is 1. The standard InChI is InChI=1S/C27H32N2O5/c1-18(25(31)32)8-6-15-28-24(30)16-27(13-7-14-27)29-26(33)34-17-23-21-11-4-2-9-19(21)20-10-3-5-12-22(20)23/h2-5,9-12,18,23H,6-8,13-17H2,1H3,(H,28,30)(H,29,33)(H,31,32). The summed E-state index contributed by atoms with van der Waals surface area (Å²) in [6, 6.07) is 16.4. The van der Waals surface area contributed by atoms with Gasteiger partial charge in [-0.05, 0) is 54.4 Å². The van der Waals surface area contributed by atoms with Gasteiger partial charge >= 0.3 is 12.1 Å². The minimum Gasteiger partial charge on any atom is -0.481 e. The van der Waals surface area contributed by atoms with Crippen molar-refractivity contribution in [2.45, 2.75) is 56.9 Å². The lowest BCUT2D eigenvalue weighted by Crippen LogP contribution is -2.56. The minimum atomic E-state index is -0.827. The molecule has 4 rings (SSSR count). The zero-order valence-corrected chi connectivity index (χ0v) is 19.5. The summed E-state index contributed by atoms with van der Waals surface area (Å²) in [5, 5.41) is 14.7. The fourth-order valence-electron chi connectivity index (χ4n) is 4.93. The van der Waals surface area contributed by atoms with Gasteiger partial charge in [0.05, 0.1) is 11.5 Å². The highest BCUT2D eigenvalue weighted by Gasteiger charge is 2.41. The highest BCUT2D eigenvalue weighted by molar-refractivity contribution is 5.80. The summed E-state index contributed by atoms with van der Waals surface area (Å²) in [4.78, 5) is 36.0. The molecular formula is C27H32N2O5. The zero-order chi connectivity index (χ0) is 24.1. The third kappa shape index (κ3) is 5.24. The summed E-state index contributed by atoms with van der Waals surface area (Å²) in [5.74, 6) is -1.40. The maximum absolute atomic E-state index is 12.7. The van der Waals surface area contributed by atoms with Gasteiger partial charge in [-0.2, -0.15) is 0 Å². The first-order chi connectivity index (χ1) is 16.4. The van der Waals surface area contributed by atoms with Gasteiger partial charge in [0.25, 0.3) is 0 Å². The number of alkyl carbamates (subject to hydrolysis) is 1. The van der Waals surface area contributed by atoms with E-state index in [0.29, 0.717) is 19.4 Å². The van der Waals surface area contributed by atoms with E-state index in [1.54, 1.807) is 6.92 Å². The molecule has 7 nitrogen and oxygen atoms in total. The second-order valence-electron chi connectivity index (χ2n) is 9.49. The SMILES string of the molecule is CC(CCCNC(=O)CC1(NC(=O)OCC2c3ccccc3-c3ccccc32)CCC1)C(=O)O. The lowest BCUT2D eigenvalue weighted by Gasteiger charge is -2.41. The minimum absolute atomic E-state index is 0.00742. The van der Waals surface area contributed by atoms with E-state index in [1.165, 1.54) is 11.1 Å². The van der Waals surface area contributed by atoms with Crippen molar-refractivity contribution in [2.24, 2.45) is 5.92 Å². The number of carboxylic acid groups (broad SMARTS) is 1. The number of hydrogen-bond donors (Lipinski definition) is 3. The van der Waals surface area contributed by atoms with Crippen LogP contribution in [0.2, 0.25) is 0 Å². The first-order valence-electron chi connectivity index (χ1n) is 12.0. The summed E-state index contributed by atoms with van der Waals surface area (Å²) in [6.07, 6.45) is 3.25. The van der Waals surface area contributed by atoms with Crippen LogP contribution in [0.1, 0.15) is 62.5 Å². The smallest absolute Gasteiger partial charge is 0.407 e. The largest absolute Gasteiger partial charge is 0.481 e. The Bertz CT molecular complexity index is 1020. The summed E-state index contributed by atoms with van der Waals surface area (Å²) in [6.45, 7) is 2.33. The molecule has 0 heterocycles. The van der Waals surface area contributed by atoms with Gasteiger partial charge in [-0.15, -0.1) is 0 Å². The van der Waals surface area contributed by atoms with Crippen LogP contribution in [-0.2, 0) is 14.3 Å². The van der Waals surface area contributed by atoms with Crippen LogP contribution in [0.25, 0.3) is 11.1 Å². The van der Waals surface area contributed by atoms with Crippen LogP contribution in [0.4, 0.5) is 4.79 Å². The second kappa shape index (κ2) is 10.3. The first-order valence-corrected chi connectivity index (χ1v) is 12.0. The van der Waals surface area contributed by atoms with Crippen molar-refractivity contribution < 1.29 is 24.2 Å². The summed E-state index contributed by atoms with van der Waals surface area (Å²) < 4.78 is 5.66. The van der Waals surface area contributed by atoms with Crippen molar-refractivity contribution in [3.05, 3.63) is 59.7 Å². The number of ether oxygens (including phenoxy) is 1. The number of amides is 2. The number of aliphatic carboxylic acids is 1. The molecule has 0 spiro atoms. The lowest BCUT2D eigenvalue weighted by atomic mass is 9.74. The van der Waals surface area contributed by atoms with Crippen LogP contribution in [0, 0.1) is 5.92 Å². The Balaban J connectivity index is 1.28. The number of fused-ring (bicyclic) bond motifs is 3. The van der Waals surface area contributed by atoms with Crippen LogP contribution in [0.15, 0.2) is 48.5 Å². The van der Waals surface area contributed by atoms with Gasteiger partial charge in [0, 0.05) is 18.9 Å². The summed E-state index contributed by atoms with van der Waals surface area (Å²) in [5.41, 5.74) is 4.10. The lowest BCUT2D eigenvalue weighted by molar-refractivity contribution is -0.141. The van der Waals surface area contributed by atoms with Gasteiger partial charge < -0.3 is 20.5 Å². The van der Waals surface area contributed by atoms with E-state index >= 15 is 0 Å². The zero-order valence-electron chi connectivity index (χ0n) is 19.5. The normalized spacial score (nSPS) is 16.5. The van der Waals surface area contributed by atoms with Crippen molar-refractivity contribution in [1.82, 2.24) is 10.6 Å². The topological polar surface area (TPSA) is 105 Å². The number of carbonyl (C=O) groups is 3. The monoisotopic (exact) mass is 464 g/mol. The van der Waals surface area contributed by atoms with Crippen molar-refractivity contribution in [1.29, 1.82) is 0 Å². The van der Waals surface area contributed by atoms with Crippen LogP contribution >= 0.6 is 0 Å². The molecular weight excluding hydrogens is 432 g/mol. The van der Waals surface area contributed by atoms with E-state index < -0.39 is 23.5 Å². The molecule has 2 amide bonds. The van der Waals surface area contributed by atoms with Gasteiger partial charge in [-0.1, -0.05) is 55.5 Å². The molecule has 180 valence electrons. The molecule has 2 aliphatic carbocycles. The van der Waals surface area contributed by atoms with E-state index in [9.17, 15) is 14.4 Å². The number of carbonyl (C=O) groups excluding carboxylic acids is 2. The highest BCUT2D eigenvalue weighted by atomic mass is 16.5. The van der Waals surface area contributed by atoms with Crippen molar-refractivity contribution in [3.8, 4) is 11.1 Å². The highest BCUT2D eigenvalue weighted by Crippen LogP contribution is 2.44. The van der Waals surface area contributed by atoms with Crippen LogP contribution in [0.3, 0.4) is 0 Å². The fraction of sp³-hybridized carbons (Fsp3) is 0.444. The van der Waals surface area contributed by atoms with Crippen LogP contribution < -0.4 is 10.6 Å². The Morgan fingerprint density at radius 1 is 1.06 bits per heavy atom. The Morgan fingerprint density at radius 3 is 2.24 bits per heavy atom. The third-order valence-corrected chi connectivity index (χ3v) is 7.08. The maximum atomic E-state index is 12.7. The quantitative estimate of drug-likeness (QED) is 0.451. The fourth-order valence-corrected chi connectivity index (χ4v) is 4.93. The predicted molar refractivity (Wildman–Crippen MR) is 128 cm³/mol. The molecule has 1 atom stereocenters. The Kier molecular flexibility index (Phi) is 7.20. The average molecular weight is 465 g/mol. The van der Waals surface area contributed by atoms with Gasteiger partial charge in [0.15, 0.2) is 0 Å². The Morgan fingerprint density at radius 2 is 1.68 bits per heavy atom. The molecule has 0 saturated heterocycles. The molecule has 2 aromatic rings. The second-order valence-corrected chi connectivity index (χ2v) is 9.49.